The van der Waals surface area contributed by atoms with E-state index in [0.717, 1.165) is 36.8 Å². The van der Waals surface area contributed by atoms with Crippen LogP contribution in [0.4, 0.5) is 8.78 Å². The molecule has 1 saturated heterocycles. The molecule has 2 aromatic rings. The summed E-state index contributed by atoms with van der Waals surface area (Å²) in [5.41, 5.74) is 1.22. The van der Waals surface area contributed by atoms with Gasteiger partial charge in [-0.2, -0.15) is 0 Å². The van der Waals surface area contributed by atoms with Gasteiger partial charge in [0.25, 0.3) is 0 Å². The van der Waals surface area contributed by atoms with Gasteiger partial charge < -0.3 is 9.84 Å². The number of halogens is 3. The minimum absolute atomic E-state index is 0.171. The lowest BCUT2D eigenvalue weighted by Crippen LogP contribution is -2.45. The van der Waals surface area contributed by atoms with Gasteiger partial charge in [-0.1, -0.05) is 23.7 Å². The minimum Gasteiger partial charge on any atom is -0.488 e. The van der Waals surface area contributed by atoms with Crippen LogP contribution in [0.5, 0.6) is 5.75 Å². The Morgan fingerprint density at radius 2 is 1.97 bits per heavy atom. The lowest BCUT2D eigenvalue weighted by molar-refractivity contribution is 0.0478. The summed E-state index contributed by atoms with van der Waals surface area (Å²) in [4.78, 5) is 13.9. The van der Waals surface area contributed by atoms with E-state index >= 15 is 0 Å². The number of piperidine rings is 1. The predicted molar refractivity (Wildman–Crippen MR) is 110 cm³/mol. The topological polar surface area (TPSA) is 49.8 Å². The molecule has 0 radical (unpaired) electrons. The molecule has 30 heavy (non-hydrogen) atoms. The third-order valence-corrected chi connectivity index (χ3v) is 6.36. The first-order chi connectivity index (χ1) is 14.3. The Balaban J connectivity index is 1.55. The van der Waals surface area contributed by atoms with E-state index in [1.165, 1.54) is 18.2 Å². The summed E-state index contributed by atoms with van der Waals surface area (Å²) in [5.74, 6) is -2.07. The van der Waals surface area contributed by atoms with Crippen LogP contribution >= 0.6 is 11.6 Å². The van der Waals surface area contributed by atoms with Gasteiger partial charge in [0.05, 0.1) is 0 Å². The fraction of sp³-hybridized carbons (Fsp3) is 0.435. The maximum Gasteiger partial charge on any atom is 0.342 e. The summed E-state index contributed by atoms with van der Waals surface area (Å²) in [6, 6.07) is 7.49. The molecule has 1 saturated carbocycles. The molecular weight excluding hydrogens is 412 g/mol. The van der Waals surface area contributed by atoms with Gasteiger partial charge >= 0.3 is 5.97 Å². The van der Waals surface area contributed by atoms with Crippen LogP contribution in [0.25, 0.3) is 0 Å². The quantitative estimate of drug-likeness (QED) is 0.639. The van der Waals surface area contributed by atoms with E-state index in [4.69, 9.17) is 16.3 Å². The molecule has 1 N–H and O–H groups in total. The van der Waals surface area contributed by atoms with Gasteiger partial charge in [0, 0.05) is 24.2 Å². The van der Waals surface area contributed by atoms with E-state index in [-0.39, 0.29) is 35.2 Å². The first-order valence-electron chi connectivity index (χ1n) is 10.2. The number of rotatable bonds is 6. The number of hydrogen-bond donors (Lipinski definition) is 1. The number of carbonyl (C=O) groups is 1. The van der Waals surface area contributed by atoms with Crippen LogP contribution in [0, 0.1) is 11.6 Å². The van der Waals surface area contributed by atoms with Crippen molar-refractivity contribution in [1.29, 1.82) is 0 Å². The molecule has 0 aromatic heterocycles. The zero-order valence-electron chi connectivity index (χ0n) is 16.7. The second kappa shape index (κ2) is 8.52. The Labute approximate surface area is 179 Å². The summed E-state index contributed by atoms with van der Waals surface area (Å²) in [6.45, 7) is 3.19. The maximum absolute atomic E-state index is 14.3. The zero-order chi connectivity index (χ0) is 21.4. The summed E-state index contributed by atoms with van der Waals surface area (Å²) in [7, 11) is 0. The first kappa shape index (κ1) is 21.1. The Hall–Kier alpha value is -2.18. The van der Waals surface area contributed by atoms with E-state index in [0.29, 0.717) is 18.1 Å². The van der Waals surface area contributed by atoms with Crippen molar-refractivity contribution >= 4 is 17.6 Å². The van der Waals surface area contributed by atoms with Gasteiger partial charge in [0.1, 0.15) is 29.1 Å². The molecule has 0 amide bonds. The van der Waals surface area contributed by atoms with Crippen LogP contribution < -0.4 is 4.74 Å². The summed E-state index contributed by atoms with van der Waals surface area (Å²) >= 11 is 6.19. The van der Waals surface area contributed by atoms with Gasteiger partial charge in [-0.15, -0.1) is 0 Å². The van der Waals surface area contributed by atoms with Gasteiger partial charge in [0.2, 0.25) is 0 Å². The summed E-state index contributed by atoms with van der Waals surface area (Å²) < 4.78 is 33.8. The maximum atomic E-state index is 14.3. The van der Waals surface area contributed by atoms with Crippen molar-refractivity contribution in [3.63, 3.8) is 0 Å². The number of hydrogen-bond acceptors (Lipinski definition) is 3. The van der Waals surface area contributed by atoms with E-state index < -0.39 is 11.8 Å². The Kier molecular flexibility index (Phi) is 5.98. The fourth-order valence-corrected chi connectivity index (χ4v) is 4.34. The van der Waals surface area contributed by atoms with Gasteiger partial charge in [-0.25, -0.2) is 13.6 Å². The molecule has 2 fully saturated rings. The number of ether oxygens (including phenoxy) is 1. The Bertz CT molecular complexity index is 964. The molecule has 4 rings (SSSR count). The van der Waals surface area contributed by atoms with Crippen LogP contribution in [0.1, 0.15) is 60.0 Å². The highest BCUT2D eigenvalue weighted by Gasteiger charge is 2.34. The van der Waals surface area contributed by atoms with Crippen molar-refractivity contribution in [2.75, 3.05) is 6.54 Å². The number of aromatic carboxylic acids is 1. The molecule has 2 aliphatic rings. The van der Waals surface area contributed by atoms with E-state index in [1.807, 2.05) is 0 Å². The van der Waals surface area contributed by atoms with Crippen LogP contribution in [-0.4, -0.2) is 34.7 Å². The number of carboxylic acid groups (broad SMARTS) is 1. The lowest BCUT2D eigenvalue weighted by atomic mass is 9.99. The van der Waals surface area contributed by atoms with Crippen molar-refractivity contribution in [2.24, 2.45) is 0 Å². The third kappa shape index (κ3) is 4.44. The van der Waals surface area contributed by atoms with Crippen molar-refractivity contribution in [3.05, 3.63) is 63.7 Å². The molecular formula is C23H24ClF2NO3. The largest absolute Gasteiger partial charge is 0.488 e. The highest BCUT2D eigenvalue weighted by Crippen LogP contribution is 2.46. The molecule has 160 valence electrons. The molecule has 0 spiro atoms. The average molecular weight is 436 g/mol. The molecule has 2 atom stereocenters. The Morgan fingerprint density at radius 3 is 2.63 bits per heavy atom. The first-order valence-corrected chi connectivity index (χ1v) is 10.6. The van der Waals surface area contributed by atoms with Crippen LogP contribution in [0.3, 0.4) is 0 Å². The molecule has 1 heterocycles. The highest BCUT2D eigenvalue weighted by atomic mass is 35.5. The van der Waals surface area contributed by atoms with Crippen molar-refractivity contribution < 1.29 is 23.4 Å². The molecule has 1 aliphatic heterocycles. The Morgan fingerprint density at radius 1 is 1.20 bits per heavy atom. The van der Waals surface area contributed by atoms with Crippen LogP contribution in [0.2, 0.25) is 5.02 Å². The standard InChI is InChI=1S/C23H24ClF2NO3/c1-13-2-7-17(12-27(13)11-15-5-6-16(25)10-19(15)24)30-22-18(14-3-4-14)8-9-20(26)21(22)23(28)29/h5-6,8-10,13-14,17H,2-4,7,11-12H2,1H3,(H,28,29)/t13-,17-/m1/s1. The van der Waals surface area contributed by atoms with Crippen molar-refractivity contribution in [1.82, 2.24) is 4.90 Å². The number of benzene rings is 2. The second-order valence-corrected chi connectivity index (χ2v) is 8.66. The number of carboxylic acids is 1. The summed E-state index contributed by atoms with van der Waals surface area (Å²) in [5, 5.41) is 9.94. The van der Waals surface area contributed by atoms with Crippen molar-refractivity contribution in [2.45, 2.75) is 57.2 Å². The molecule has 0 unspecified atom stereocenters. The lowest BCUT2D eigenvalue weighted by Gasteiger charge is -2.38. The normalized spacial score (nSPS) is 22.1. The highest BCUT2D eigenvalue weighted by molar-refractivity contribution is 6.31. The smallest absolute Gasteiger partial charge is 0.342 e. The SMILES string of the molecule is C[C@@H]1CC[C@@H](Oc2c(C3CC3)ccc(F)c2C(=O)O)CN1Cc1ccc(F)cc1Cl. The number of likely N-dealkylation sites (tertiary alicyclic amines) is 1. The van der Waals surface area contributed by atoms with E-state index in [2.05, 4.69) is 11.8 Å². The molecule has 2 aromatic carbocycles. The number of nitrogens with zero attached hydrogens (tertiary/aromatic N) is 1. The van der Waals surface area contributed by atoms with Crippen LogP contribution in [-0.2, 0) is 6.54 Å². The van der Waals surface area contributed by atoms with Gasteiger partial charge in [-0.3, -0.25) is 4.90 Å². The third-order valence-electron chi connectivity index (χ3n) is 6.01. The monoisotopic (exact) mass is 435 g/mol. The van der Waals surface area contributed by atoms with Gasteiger partial charge in [-0.05, 0) is 67.9 Å². The fourth-order valence-electron chi connectivity index (χ4n) is 4.11. The molecule has 7 heteroatoms. The van der Waals surface area contributed by atoms with E-state index in [9.17, 15) is 18.7 Å². The zero-order valence-corrected chi connectivity index (χ0v) is 17.5. The van der Waals surface area contributed by atoms with Gasteiger partial charge in [0.15, 0.2) is 0 Å². The molecule has 4 nitrogen and oxygen atoms in total. The molecule has 1 aliphatic carbocycles. The average Bonchev–Trinajstić information content (AvgIpc) is 3.51. The van der Waals surface area contributed by atoms with Crippen LogP contribution in [0.15, 0.2) is 30.3 Å². The summed E-state index contributed by atoms with van der Waals surface area (Å²) in [6.07, 6.45) is 3.24. The van der Waals surface area contributed by atoms with E-state index in [1.54, 1.807) is 12.1 Å². The minimum atomic E-state index is -1.32. The second-order valence-electron chi connectivity index (χ2n) is 8.25. The predicted octanol–water partition coefficient (Wildman–Crippen LogP) is 5.63. The molecule has 0 bridgehead atoms. The van der Waals surface area contributed by atoms with Crippen molar-refractivity contribution in [3.8, 4) is 5.75 Å².